The van der Waals surface area contributed by atoms with Gasteiger partial charge in [0.25, 0.3) is 0 Å². The topological polar surface area (TPSA) is 17.1 Å². The lowest BCUT2D eigenvalue weighted by molar-refractivity contribution is 0.648. The SMILES string of the molecule is C[C@@]1(CCc2ccccc2)SCCCS1=O. The molecule has 88 valence electrons. The molecule has 2 rings (SSSR count). The van der Waals surface area contributed by atoms with Crippen LogP contribution >= 0.6 is 11.8 Å². The highest BCUT2D eigenvalue weighted by Gasteiger charge is 2.34. The summed E-state index contributed by atoms with van der Waals surface area (Å²) in [5, 5.41) is 0. The van der Waals surface area contributed by atoms with Crippen molar-refractivity contribution >= 4 is 22.6 Å². The molecule has 1 nitrogen and oxygen atoms in total. The second kappa shape index (κ2) is 5.37. The third kappa shape index (κ3) is 2.89. The van der Waals surface area contributed by atoms with E-state index in [1.807, 2.05) is 17.8 Å². The maximum absolute atomic E-state index is 12.0. The van der Waals surface area contributed by atoms with Gasteiger partial charge in [0.2, 0.25) is 0 Å². The Morgan fingerprint density at radius 1 is 1.38 bits per heavy atom. The van der Waals surface area contributed by atoms with Gasteiger partial charge < -0.3 is 0 Å². The Labute approximate surface area is 104 Å². The number of rotatable bonds is 3. The van der Waals surface area contributed by atoms with Gasteiger partial charge in [0.05, 0.1) is 4.08 Å². The molecule has 0 spiro atoms. The number of hydrogen-bond acceptors (Lipinski definition) is 2. The van der Waals surface area contributed by atoms with Crippen LogP contribution < -0.4 is 0 Å². The highest BCUT2D eigenvalue weighted by atomic mass is 32.2. The van der Waals surface area contributed by atoms with Crippen molar-refractivity contribution < 1.29 is 4.21 Å². The van der Waals surface area contributed by atoms with Crippen LogP contribution in [0.15, 0.2) is 30.3 Å². The third-order valence-electron chi connectivity index (χ3n) is 3.07. The highest BCUT2D eigenvalue weighted by Crippen LogP contribution is 2.37. The lowest BCUT2D eigenvalue weighted by Crippen LogP contribution is -2.33. The summed E-state index contributed by atoms with van der Waals surface area (Å²) in [6, 6.07) is 10.5. The summed E-state index contributed by atoms with van der Waals surface area (Å²) in [6.07, 6.45) is 3.17. The van der Waals surface area contributed by atoms with Crippen molar-refractivity contribution in [2.24, 2.45) is 0 Å². The minimum Gasteiger partial charge on any atom is -0.258 e. The van der Waals surface area contributed by atoms with E-state index in [4.69, 9.17) is 0 Å². The smallest absolute Gasteiger partial charge is 0.0883 e. The van der Waals surface area contributed by atoms with Crippen LogP contribution in [-0.2, 0) is 17.2 Å². The van der Waals surface area contributed by atoms with Crippen LogP contribution in [0.1, 0.15) is 25.3 Å². The summed E-state index contributed by atoms with van der Waals surface area (Å²) < 4.78 is 12.0. The zero-order chi connectivity index (χ0) is 11.4. The van der Waals surface area contributed by atoms with Gasteiger partial charge in [0.1, 0.15) is 0 Å². The van der Waals surface area contributed by atoms with Gasteiger partial charge in [0, 0.05) is 16.6 Å². The Bertz CT molecular complexity index is 363. The van der Waals surface area contributed by atoms with Crippen LogP contribution in [0.4, 0.5) is 0 Å². The van der Waals surface area contributed by atoms with E-state index in [0.717, 1.165) is 30.8 Å². The second-order valence-electron chi connectivity index (χ2n) is 4.37. The molecule has 0 saturated carbocycles. The predicted molar refractivity (Wildman–Crippen MR) is 73.3 cm³/mol. The molecule has 1 unspecified atom stereocenters. The summed E-state index contributed by atoms with van der Waals surface area (Å²) in [5.41, 5.74) is 1.35. The molecule has 1 saturated heterocycles. The van der Waals surface area contributed by atoms with E-state index in [9.17, 15) is 4.21 Å². The zero-order valence-electron chi connectivity index (χ0n) is 9.65. The molecule has 1 aliphatic rings. The molecule has 0 bridgehead atoms. The van der Waals surface area contributed by atoms with Crippen LogP contribution in [-0.4, -0.2) is 19.8 Å². The first kappa shape index (κ1) is 12.2. The number of hydrogen-bond donors (Lipinski definition) is 0. The van der Waals surface area contributed by atoms with Crippen molar-refractivity contribution in [3.63, 3.8) is 0 Å². The fraction of sp³-hybridized carbons (Fsp3) is 0.538. The summed E-state index contributed by atoms with van der Waals surface area (Å²) >= 11 is 1.89. The van der Waals surface area contributed by atoms with Crippen molar-refractivity contribution in [1.29, 1.82) is 0 Å². The molecule has 3 heteroatoms. The van der Waals surface area contributed by atoms with Gasteiger partial charge in [-0.15, -0.1) is 11.8 Å². The molecule has 1 aliphatic heterocycles. The summed E-state index contributed by atoms with van der Waals surface area (Å²) in [7, 11) is -0.654. The summed E-state index contributed by atoms with van der Waals surface area (Å²) in [5.74, 6) is 2.05. The lowest BCUT2D eigenvalue weighted by Gasteiger charge is -2.32. The van der Waals surface area contributed by atoms with Crippen LogP contribution in [0.5, 0.6) is 0 Å². The maximum atomic E-state index is 12.0. The van der Waals surface area contributed by atoms with Crippen molar-refractivity contribution in [2.45, 2.75) is 30.3 Å². The average molecular weight is 254 g/mol. The standard InChI is InChI=1S/C13H18OS2/c1-13(15-10-5-11-16(13)14)9-8-12-6-3-2-4-7-12/h2-4,6-7H,5,8-11H2,1H3/t13-,16?/m1/s1. The molecule has 0 N–H and O–H groups in total. The molecular weight excluding hydrogens is 236 g/mol. The van der Waals surface area contributed by atoms with Gasteiger partial charge in [-0.25, -0.2) is 0 Å². The Kier molecular flexibility index (Phi) is 4.09. The summed E-state index contributed by atoms with van der Waals surface area (Å²) in [6.45, 7) is 2.16. The predicted octanol–water partition coefficient (Wildman–Crippen LogP) is 3.22. The molecule has 0 amide bonds. The fourth-order valence-electron chi connectivity index (χ4n) is 1.96. The van der Waals surface area contributed by atoms with Crippen molar-refractivity contribution in [3.05, 3.63) is 35.9 Å². The van der Waals surface area contributed by atoms with Crippen LogP contribution in [0.2, 0.25) is 0 Å². The number of aryl methyl sites for hydroxylation is 1. The Morgan fingerprint density at radius 3 is 2.81 bits per heavy atom. The van der Waals surface area contributed by atoms with E-state index in [-0.39, 0.29) is 4.08 Å². The van der Waals surface area contributed by atoms with Crippen molar-refractivity contribution in [2.75, 3.05) is 11.5 Å². The second-order valence-corrected chi connectivity index (χ2v) is 8.23. The van der Waals surface area contributed by atoms with Crippen molar-refractivity contribution in [3.8, 4) is 0 Å². The largest absolute Gasteiger partial charge is 0.258 e. The third-order valence-corrected chi connectivity index (χ3v) is 7.12. The molecule has 16 heavy (non-hydrogen) atoms. The molecule has 1 aromatic carbocycles. The van der Waals surface area contributed by atoms with E-state index < -0.39 is 10.8 Å². The van der Waals surface area contributed by atoms with Crippen LogP contribution in [0, 0.1) is 0 Å². The molecule has 0 aromatic heterocycles. The van der Waals surface area contributed by atoms with E-state index in [2.05, 4.69) is 31.2 Å². The van der Waals surface area contributed by atoms with Crippen molar-refractivity contribution in [1.82, 2.24) is 0 Å². The Balaban J connectivity index is 1.96. The number of thioether (sulfide) groups is 1. The summed E-state index contributed by atoms with van der Waals surface area (Å²) in [4.78, 5) is 0. The molecule has 2 atom stereocenters. The minimum atomic E-state index is -0.654. The minimum absolute atomic E-state index is 0.0198. The lowest BCUT2D eigenvalue weighted by atomic mass is 10.1. The molecule has 1 heterocycles. The van der Waals surface area contributed by atoms with E-state index in [0.29, 0.717) is 0 Å². The van der Waals surface area contributed by atoms with Crippen LogP contribution in [0.25, 0.3) is 0 Å². The van der Waals surface area contributed by atoms with Gasteiger partial charge in [0.15, 0.2) is 0 Å². The van der Waals surface area contributed by atoms with E-state index >= 15 is 0 Å². The zero-order valence-corrected chi connectivity index (χ0v) is 11.3. The molecule has 1 aromatic rings. The van der Waals surface area contributed by atoms with E-state index in [1.165, 1.54) is 5.56 Å². The molecule has 1 fully saturated rings. The quantitative estimate of drug-likeness (QED) is 0.824. The molecular formula is C13H18OS2. The van der Waals surface area contributed by atoms with Gasteiger partial charge in [-0.1, -0.05) is 30.3 Å². The Hall–Kier alpha value is -0.280. The van der Waals surface area contributed by atoms with Gasteiger partial charge in [-0.05, 0) is 37.5 Å². The average Bonchev–Trinajstić information content (AvgIpc) is 2.32. The first-order valence-electron chi connectivity index (χ1n) is 5.77. The van der Waals surface area contributed by atoms with Gasteiger partial charge in [-0.2, -0.15) is 0 Å². The normalized spacial score (nSPS) is 30.2. The van der Waals surface area contributed by atoms with Crippen LogP contribution in [0.3, 0.4) is 0 Å². The maximum Gasteiger partial charge on any atom is 0.0883 e. The van der Waals surface area contributed by atoms with Gasteiger partial charge >= 0.3 is 0 Å². The highest BCUT2D eigenvalue weighted by molar-refractivity contribution is 8.13. The fourth-order valence-corrected chi connectivity index (χ4v) is 5.31. The first-order chi connectivity index (χ1) is 7.71. The van der Waals surface area contributed by atoms with E-state index in [1.54, 1.807) is 0 Å². The monoisotopic (exact) mass is 254 g/mol. The van der Waals surface area contributed by atoms with Gasteiger partial charge in [-0.3, -0.25) is 4.21 Å². The first-order valence-corrected chi connectivity index (χ1v) is 8.07. The Morgan fingerprint density at radius 2 is 2.12 bits per heavy atom. The molecule has 0 aliphatic carbocycles. The molecule has 0 radical (unpaired) electrons. The number of benzene rings is 1.